The molecule has 2 fully saturated rings. The summed E-state index contributed by atoms with van der Waals surface area (Å²) in [5, 5.41) is 6.91. The molecule has 2 saturated carbocycles. The van der Waals surface area contributed by atoms with E-state index in [1.165, 1.54) is 18.2 Å². The minimum atomic E-state index is -6.43. The lowest BCUT2D eigenvalue weighted by molar-refractivity contribution is -0.0425. The van der Waals surface area contributed by atoms with Crippen molar-refractivity contribution in [2.75, 3.05) is 44.3 Å². The van der Waals surface area contributed by atoms with Crippen LogP contribution < -0.4 is 25.5 Å². The van der Waals surface area contributed by atoms with Crippen LogP contribution in [-0.2, 0) is 29.5 Å². The summed E-state index contributed by atoms with van der Waals surface area (Å²) in [5.74, 6) is 0.268. The maximum atomic E-state index is 13.5. The summed E-state index contributed by atoms with van der Waals surface area (Å²) in [6.07, 6.45) is 9.22. The van der Waals surface area contributed by atoms with Crippen LogP contribution in [-0.4, -0.2) is 86.0 Å². The number of rotatable bonds is 15. The molecule has 4 aliphatic rings. The monoisotopic (exact) mass is 891 g/mol. The molecule has 0 spiro atoms. The maximum Gasteiger partial charge on any atom is 0.480 e. The van der Waals surface area contributed by atoms with E-state index in [1.54, 1.807) is 36.4 Å². The summed E-state index contributed by atoms with van der Waals surface area (Å²) in [7, 11) is -11.9. The smallest absolute Gasteiger partial charge is 0.456 e. The Morgan fingerprint density at radius 2 is 1.44 bits per heavy atom. The zero-order chi connectivity index (χ0) is 43.8. The van der Waals surface area contributed by atoms with E-state index in [1.807, 2.05) is 23.3 Å². The van der Waals surface area contributed by atoms with Crippen LogP contribution in [0.4, 0.5) is 28.4 Å². The first kappa shape index (κ1) is 45.6. The summed E-state index contributed by atoms with van der Waals surface area (Å²) in [5.41, 5.74) is -4.51. The molecule has 1 heterocycles. The first-order valence-corrected chi connectivity index (χ1v) is 23.6. The van der Waals surface area contributed by atoms with Crippen LogP contribution in [0, 0.1) is 0 Å². The number of alkyl halides is 3. The number of nitrogens with zero attached hydrogens (tertiary/aromatic N) is 3. The highest BCUT2D eigenvalue weighted by atomic mass is 32.3. The van der Waals surface area contributed by atoms with Gasteiger partial charge in [0.1, 0.15) is 34.5 Å². The number of hydrogen-bond donors (Lipinski definition) is 2. The Morgan fingerprint density at radius 3 is 2.05 bits per heavy atom. The molecule has 6 rings (SSSR count). The average molecular weight is 892 g/mol. The second-order valence-corrected chi connectivity index (χ2v) is 18.6. The first-order chi connectivity index (χ1) is 29.1. The standard InChI is InChI=1S/C42H52F3N5O9S2/c1-3-49(23-25-57-40(51)46-29-13-7-5-8-14-29)31-19-21-33-36(27-31)59-37-28-32(50(4-2)24-26-58-41(52)47-30-15-9-6-10-16-30)20-22-34(37)39(33)35-17-11-12-18-38(35)60(53,54)48-61(55,56)42(43,44)45/h11-12,17-22,27-30H,3-10,13-16,23-26H2,1-2H3,(H,46,51)(H,47,52). The number of sulfonamides is 2. The lowest BCUT2D eigenvalue weighted by atomic mass is 9.93. The quantitative estimate of drug-likeness (QED) is 0.0882. The molecule has 0 saturated heterocycles. The molecule has 19 heteroatoms. The maximum absolute atomic E-state index is 13.5. The van der Waals surface area contributed by atoms with E-state index >= 15 is 0 Å². The van der Waals surface area contributed by atoms with Gasteiger partial charge in [0.05, 0.1) is 17.5 Å². The number of anilines is 1. The number of likely N-dealkylation sites (N-methyl/N-ethyl adjacent to an activating group) is 2. The number of halogens is 3. The molecule has 2 amide bonds. The van der Waals surface area contributed by atoms with Crippen LogP contribution >= 0.6 is 0 Å². The van der Waals surface area contributed by atoms with E-state index < -0.39 is 42.6 Å². The molecule has 332 valence electrons. The molecule has 2 aromatic rings. The molecule has 14 nitrogen and oxygen atoms in total. The van der Waals surface area contributed by atoms with E-state index in [0.29, 0.717) is 48.2 Å². The first-order valence-electron chi connectivity index (χ1n) is 20.7. The van der Waals surface area contributed by atoms with Gasteiger partial charge in [0.15, 0.2) is 23.2 Å². The largest absolute Gasteiger partial charge is 0.480 e. The van der Waals surface area contributed by atoms with Crippen molar-refractivity contribution in [3.05, 3.63) is 70.1 Å². The Labute approximate surface area is 353 Å². The van der Waals surface area contributed by atoms with Crippen LogP contribution in [0.2, 0.25) is 0 Å². The normalized spacial score (nSPS) is 16.3. The lowest BCUT2D eigenvalue weighted by Gasteiger charge is -2.26. The number of ether oxygens (including phenoxy) is 2. The topological polar surface area (TPSA) is 178 Å². The summed E-state index contributed by atoms with van der Waals surface area (Å²) in [4.78, 5) is 26.3. The zero-order valence-corrected chi connectivity index (χ0v) is 35.8. The fraction of sp³-hybridized carbons (Fsp3) is 0.500. The third-order valence-corrected chi connectivity index (χ3v) is 14.2. The van der Waals surface area contributed by atoms with Gasteiger partial charge in [0, 0.05) is 58.5 Å². The number of alkyl carbamates (subject to hydrolysis) is 2. The van der Waals surface area contributed by atoms with Gasteiger partial charge in [-0.15, -0.1) is 0 Å². The third-order valence-electron chi connectivity index (χ3n) is 11.1. The van der Waals surface area contributed by atoms with E-state index in [0.717, 1.165) is 70.3 Å². The van der Waals surface area contributed by atoms with Gasteiger partial charge in [-0.2, -0.15) is 13.2 Å². The fourth-order valence-corrected chi connectivity index (χ4v) is 10.4. The van der Waals surface area contributed by atoms with Crippen molar-refractivity contribution in [1.82, 2.24) is 15.2 Å². The molecule has 2 aromatic carbocycles. The molecule has 0 bridgehead atoms. The van der Waals surface area contributed by atoms with Gasteiger partial charge in [-0.25, -0.2) is 31.0 Å². The number of nitrogens with one attached hydrogen (secondary N) is 2. The van der Waals surface area contributed by atoms with Gasteiger partial charge in [0.25, 0.3) is 0 Å². The van der Waals surface area contributed by atoms with Crippen molar-refractivity contribution < 1.29 is 53.5 Å². The van der Waals surface area contributed by atoms with Crippen molar-refractivity contribution in [2.24, 2.45) is 0 Å². The molecule has 1 aliphatic heterocycles. The summed E-state index contributed by atoms with van der Waals surface area (Å²) in [6, 6.07) is 15.6. The van der Waals surface area contributed by atoms with Gasteiger partial charge in [0.2, 0.25) is 5.36 Å². The van der Waals surface area contributed by atoms with Crippen LogP contribution in [0.1, 0.15) is 78.1 Å². The van der Waals surface area contributed by atoms with E-state index in [4.69, 9.17) is 13.9 Å². The Morgan fingerprint density at radius 1 is 0.820 bits per heavy atom. The Balaban J connectivity index is 1.38. The second kappa shape index (κ2) is 19.9. The average Bonchev–Trinajstić information content (AvgIpc) is 3.22. The van der Waals surface area contributed by atoms with Gasteiger partial charge < -0.3 is 33.6 Å². The molecule has 3 aliphatic carbocycles. The molecule has 0 unspecified atom stereocenters. The number of hydrogen-bond acceptors (Lipinski definition) is 10. The zero-order valence-electron chi connectivity index (χ0n) is 34.2. The Kier molecular flexibility index (Phi) is 14.9. The number of carbonyl (C=O) groups excluding carboxylic acids is 2. The van der Waals surface area contributed by atoms with E-state index in [9.17, 15) is 39.6 Å². The minimum Gasteiger partial charge on any atom is -0.456 e. The second-order valence-electron chi connectivity index (χ2n) is 15.2. The molecular formula is C42H52F3N5O9S2. The van der Waals surface area contributed by atoms with Crippen molar-refractivity contribution in [1.29, 1.82) is 0 Å². The molecule has 2 N–H and O–H groups in total. The van der Waals surface area contributed by atoms with Gasteiger partial charge >= 0.3 is 17.7 Å². The third kappa shape index (κ3) is 11.3. The van der Waals surface area contributed by atoms with E-state index in [-0.39, 0.29) is 47.8 Å². The van der Waals surface area contributed by atoms with Crippen molar-refractivity contribution in [3.63, 3.8) is 0 Å². The van der Waals surface area contributed by atoms with Gasteiger partial charge in [-0.1, -0.05) is 56.7 Å². The number of carbonyl (C=O) groups is 2. The summed E-state index contributed by atoms with van der Waals surface area (Å²) in [6.45, 7) is 5.68. The summed E-state index contributed by atoms with van der Waals surface area (Å²) >= 11 is 0. The van der Waals surface area contributed by atoms with Crippen molar-refractivity contribution >= 4 is 48.9 Å². The fourth-order valence-electron chi connectivity index (χ4n) is 8.01. The van der Waals surface area contributed by atoms with Crippen molar-refractivity contribution in [2.45, 2.75) is 101 Å². The van der Waals surface area contributed by atoms with Crippen molar-refractivity contribution in [3.8, 4) is 22.5 Å². The predicted molar refractivity (Wildman–Crippen MR) is 225 cm³/mol. The molecule has 0 radical (unpaired) electrons. The van der Waals surface area contributed by atoms with Crippen LogP contribution in [0.25, 0.3) is 37.5 Å². The highest BCUT2D eigenvalue weighted by molar-refractivity contribution is 8.12. The molecule has 61 heavy (non-hydrogen) atoms. The number of benzene rings is 3. The summed E-state index contributed by atoms with van der Waals surface area (Å²) < 4.78 is 113. The molecule has 0 aromatic heterocycles. The Hall–Kier alpha value is -4.88. The highest BCUT2D eigenvalue weighted by Gasteiger charge is 2.41. The number of fused-ring (bicyclic) bond motifs is 2. The highest BCUT2D eigenvalue weighted by Crippen LogP contribution is 2.44. The SMILES string of the molecule is CCN(CCOC(=O)NC1CCCCC1)c1ccc2c(-c3ccccc3S(=O)(=O)[N-]S(=O)(=O)C(F)(F)F)c3ccc(=[N+](CC)CCOC(=O)NC4CCCCC4)cc-3oc2c1. The lowest BCUT2D eigenvalue weighted by Crippen LogP contribution is -2.38. The predicted octanol–water partition coefficient (Wildman–Crippen LogP) is 7.85. The van der Waals surface area contributed by atoms with Crippen LogP contribution in [0.15, 0.2) is 70.0 Å². The van der Waals surface area contributed by atoms with Crippen LogP contribution in [0.5, 0.6) is 0 Å². The van der Waals surface area contributed by atoms with E-state index in [2.05, 4.69) is 14.8 Å². The number of amides is 2. The Bertz CT molecular complexity index is 2450. The molecular weight excluding hydrogens is 840 g/mol. The van der Waals surface area contributed by atoms with Gasteiger partial charge in [-0.05, 0) is 63.8 Å². The minimum absolute atomic E-state index is 0.0856. The van der Waals surface area contributed by atoms with Gasteiger partial charge in [-0.3, -0.25) is 0 Å². The molecule has 0 atom stereocenters. The van der Waals surface area contributed by atoms with Crippen LogP contribution in [0.3, 0.4) is 0 Å².